The van der Waals surface area contributed by atoms with Crippen molar-refractivity contribution in [2.75, 3.05) is 5.73 Å². The number of halogens is 1. The smallest absolute Gasteiger partial charge is 0.206 e. The van der Waals surface area contributed by atoms with E-state index < -0.39 is 9.84 Å². The molecule has 0 bridgehead atoms. The Bertz CT molecular complexity index is 1260. The lowest BCUT2D eigenvalue weighted by atomic mass is 10.1. The van der Waals surface area contributed by atoms with Crippen molar-refractivity contribution in [3.8, 4) is 17.0 Å². The third kappa shape index (κ3) is 2.93. The number of aromatic nitrogens is 1. The zero-order valence-corrected chi connectivity index (χ0v) is 15.6. The predicted molar refractivity (Wildman–Crippen MR) is 107 cm³/mol. The van der Waals surface area contributed by atoms with Crippen molar-refractivity contribution < 1.29 is 13.5 Å². The quantitative estimate of drug-likeness (QED) is 0.469. The molecule has 0 unspecified atom stereocenters. The van der Waals surface area contributed by atoms with E-state index in [1.165, 1.54) is 36.4 Å². The van der Waals surface area contributed by atoms with Crippen LogP contribution < -0.4 is 5.73 Å². The minimum atomic E-state index is -3.70. The number of hydrogen-bond donors (Lipinski definition) is 3. The minimum absolute atomic E-state index is 0.0877. The number of sulfone groups is 1. The monoisotopic (exact) mass is 398 g/mol. The molecule has 0 radical (unpaired) electrons. The number of fused-ring (bicyclic) bond motifs is 1. The second kappa shape index (κ2) is 6.33. The fourth-order valence-corrected chi connectivity index (χ4v) is 4.42. The Morgan fingerprint density at radius 2 is 1.59 bits per heavy atom. The number of nitrogens with one attached hydrogen (secondary N) is 1. The number of aromatic amines is 1. The highest BCUT2D eigenvalue weighted by Crippen LogP contribution is 2.38. The van der Waals surface area contributed by atoms with Crippen molar-refractivity contribution in [3.63, 3.8) is 0 Å². The van der Waals surface area contributed by atoms with E-state index in [2.05, 4.69) is 4.98 Å². The Morgan fingerprint density at radius 3 is 2.30 bits per heavy atom. The normalized spacial score (nSPS) is 11.7. The number of phenolic OH excluding ortho intramolecular Hbond substituents is 1. The Kier molecular flexibility index (Phi) is 4.09. The van der Waals surface area contributed by atoms with Crippen molar-refractivity contribution >= 4 is 38.0 Å². The number of nitrogen functional groups attached to an aromatic ring is 1. The highest BCUT2D eigenvalue weighted by molar-refractivity contribution is 7.91. The number of para-hydroxylation sites is 1. The molecule has 0 spiro atoms. The van der Waals surface area contributed by atoms with Crippen LogP contribution in [-0.2, 0) is 9.84 Å². The number of nitrogens with two attached hydrogens (primary N) is 1. The molecule has 4 N–H and O–H groups in total. The first-order chi connectivity index (χ1) is 12.9. The van der Waals surface area contributed by atoms with Crippen LogP contribution in [-0.4, -0.2) is 18.5 Å². The topological polar surface area (TPSA) is 96.2 Å². The number of anilines is 1. The van der Waals surface area contributed by atoms with Gasteiger partial charge < -0.3 is 15.8 Å². The van der Waals surface area contributed by atoms with E-state index in [4.69, 9.17) is 17.3 Å². The summed E-state index contributed by atoms with van der Waals surface area (Å²) >= 11 is 5.84. The van der Waals surface area contributed by atoms with Crippen molar-refractivity contribution in [2.45, 2.75) is 9.79 Å². The SMILES string of the molecule is Nc1c(-c2ccccc2O)[nH]c2ccc(S(=O)(=O)c3ccc(Cl)cc3)cc12. The molecule has 0 aliphatic heterocycles. The van der Waals surface area contributed by atoms with Crippen LogP contribution in [0.2, 0.25) is 5.02 Å². The molecule has 0 amide bonds. The molecular weight excluding hydrogens is 384 g/mol. The summed E-state index contributed by atoms with van der Waals surface area (Å²) in [6.07, 6.45) is 0. The molecule has 0 fully saturated rings. The molecule has 7 heteroatoms. The molecule has 0 aliphatic carbocycles. The van der Waals surface area contributed by atoms with Gasteiger partial charge in [0.15, 0.2) is 0 Å². The zero-order valence-electron chi connectivity index (χ0n) is 14.0. The molecule has 27 heavy (non-hydrogen) atoms. The second-order valence-corrected chi connectivity index (χ2v) is 8.48. The van der Waals surface area contributed by atoms with E-state index in [1.807, 2.05) is 0 Å². The van der Waals surface area contributed by atoms with Gasteiger partial charge in [-0.05, 0) is 54.6 Å². The maximum absolute atomic E-state index is 12.9. The molecule has 4 rings (SSSR count). The van der Waals surface area contributed by atoms with E-state index in [-0.39, 0.29) is 15.5 Å². The van der Waals surface area contributed by atoms with Gasteiger partial charge in [-0.2, -0.15) is 0 Å². The van der Waals surface area contributed by atoms with Crippen LogP contribution in [0.3, 0.4) is 0 Å². The van der Waals surface area contributed by atoms with E-state index in [0.717, 1.165) is 0 Å². The summed E-state index contributed by atoms with van der Waals surface area (Å²) in [7, 11) is -3.70. The first kappa shape index (κ1) is 17.5. The largest absolute Gasteiger partial charge is 0.507 e. The molecule has 1 heterocycles. The molecule has 0 saturated heterocycles. The summed E-state index contributed by atoms with van der Waals surface area (Å²) in [5.41, 5.74) is 8.41. The summed E-state index contributed by atoms with van der Waals surface area (Å²) in [5, 5.41) is 11.1. The number of aromatic hydroxyl groups is 1. The maximum Gasteiger partial charge on any atom is 0.206 e. The molecule has 4 aromatic rings. The third-order valence-electron chi connectivity index (χ3n) is 4.42. The lowest BCUT2D eigenvalue weighted by Gasteiger charge is -2.05. The summed E-state index contributed by atoms with van der Waals surface area (Å²) in [6, 6.07) is 17.5. The van der Waals surface area contributed by atoms with Crippen LogP contribution in [0.5, 0.6) is 5.75 Å². The Labute approximate surface area is 160 Å². The van der Waals surface area contributed by atoms with Gasteiger partial charge in [0.2, 0.25) is 9.84 Å². The summed E-state index contributed by atoms with van der Waals surface area (Å²) in [4.78, 5) is 3.43. The molecule has 0 aliphatic rings. The Balaban J connectivity index is 1.87. The summed E-state index contributed by atoms with van der Waals surface area (Å²) in [5.74, 6) is 0.0877. The van der Waals surface area contributed by atoms with Gasteiger partial charge in [0.05, 0.1) is 21.2 Å². The molecule has 1 aromatic heterocycles. The lowest BCUT2D eigenvalue weighted by Crippen LogP contribution is -2.01. The number of benzene rings is 3. The fraction of sp³-hybridized carbons (Fsp3) is 0. The number of rotatable bonds is 3. The number of H-pyrrole nitrogens is 1. The molecule has 0 saturated carbocycles. The van der Waals surface area contributed by atoms with E-state index in [1.54, 1.807) is 30.3 Å². The van der Waals surface area contributed by atoms with Gasteiger partial charge in [-0.25, -0.2) is 8.42 Å². The number of hydrogen-bond acceptors (Lipinski definition) is 4. The van der Waals surface area contributed by atoms with E-state index in [0.29, 0.717) is 32.9 Å². The van der Waals surface area contributed by atoms with Crippen LogP contribution in [0, 0.1) is 0 Å². The molecular formula is C20H15ClN2O3S. The first-order valence-corrected chi connectivity index (χ1v) is 9.94. The molecule has 0 atom stereocenters. The Hall–Kier alpha value is -2.96. The predicted octanol–water partition coefficient (Wildman–Crippen LogP) is 4.61. The summed E-state index contributed by atoms with van der Waals surface area (Å²) < 4.78 is 25.8. The summed E-state index contributed by atoms with van der Waals surface area (Å²) in [6.45, 7) is 0. The van der Waals surface area contributed by atoms with Crippen molar-refractivity contribution in [1.29, 1.82) is 0 Å². The maximum atomic E-state index is 12.9. The van der Waals surface area contributed by atoms with Crippen LogP contribution in [0.4, 0.5) is 5.69 Å². The van der Waals surface area contributed by atoms with Crippen LogP contribution >= 0.6 is 11.6 Å². The van der Waals surface area contributed by atoms with Crippen molar-refractivity contribution in [3.05, 3.63) is 71.8 Å². The van der Waals surface area contributed by atoms with Gasteiger partial charge in [0, 0.05) is 21.5 Å². The van der Waals surface area contributed by atoms with Crippen molar-refractivity contribution in [2.24, 2.45) is 0 Å². The third-order valence-corrected chi connectivity index (χ3v) is 6.44. The number of phenols is 1. The fourth-order valence-electron chi connectivity index (χ4n) is 3.01. The van der Waals surface area contributed by atoms with Crippen LogP contribution in [0.15, 0.2) is 76.5 Å². The zero-order chi connectivity index (χ0) is 19.2. The van der Waals surface area contributed by atoms with Crippen LogP contribution in [0.25, 0.3) is 22.2 Å². The van der Waals surface area contributed by atoms with Gasteiger partial charge in [0.25, 0.3) is 0 Å². The molecule has 3 aromatic carbocycles. The minimum Gasteiger partial charge on any atom is -0.507 e. The van der Waals surface area contributed by atoms with E-state index in [9.17, 15) is 13.5 Å². The average molecular weight is 399 g/mol. The highest BCUT2D eigenvalue weighted by atomic mass is 35.5. The van der Waals surface area contributed by atoms with Gasteiger partial charge in [-0.3, -0.25) is 0 Å². The standard InChI is InChI=1S/C20H15ClN2O3S/c21-12-5-7-13(8-6-12)27(25,26)14-9-10-17-16(11-14)19(22)20(23-17)15-3-1-2-4-18(15)24/h1-11,23-24H,22H2. The molecule has 136 valence electrons. The van der Waals surface area contributed by atoms with Crippen molar-refractivity contribution in [1.82, 2.24) is 4.98 Å². The Morgan fingerprint density at radius 1 is 0.926 bits per heavy atom. The first-order valence-electron chi connectivity index (χ1n) is 8.08. The van der Waals surface area contributed by atoms with Gasteiger partial charge in [0.1, 0.15) is 5.75 Å². The lowest BCUT2D eigenvalue weighted by molar-refractivity contribution is 0.477. The van der Waals surface area contributed by atoms with Gasteiger partial charge >= 0.3 is 0 Å². The highest BCUT2D eigenvalue weighted by Gasteiger charge is 2.20. The van der Waals surface area contributed by atoms with Crippen LogP contribution in [0.1, 0.15) is 0 Å². The average Bonchev–Trinajstić information content (AvgIpc) is 2.98. The van der Waals surface area contributed by atoms with E-state index >= 15 is 0 Å². The second-order valence-electron chi connectivity index (χ2n) is 6.10. The van der Waals surface area contributed by atoms with Gasteiger partial charge in [-0.1, -0.05) is 23.7 Å². The molecule has 5 nitrogen and oxygen atoms in total. The van der Waals surface area contributed by atoms with Gasteiger partial charge in [-0.15, -0.1) is 0 Å².